The van der Waals surface area contributed by atoms with Crippen molar-refractivity contribution in [2.75, 3.05) is 12.4 Å². The van der Waals surface area contributed by atoms with Crippen LogP contribution < -0.4 is 10.1 Å². The Morgan fingerprint density at radius 3 is 2.59 bits per heavy atom. The Hall–Kier alpha value is -3.49. The van der Waals surface area contributed by atoms with Gasteiger partial charge in [-0.25, -0.2) is 0 Å². The van der Waals surface area contributed by atoms with Crippen LogP contribution >= 0.6 is 11.3 Å². The van der Waals surface area contributed by atoms with E-state index in [1.165, 1.54) is 0 Å². The molecule has 4 aromatic rings. The Balaban J connectivity index is 1.42. The third-order valence-corrected chi connectivity index (χ3v) is 13.1. The number of hydrogen-bond acceptors (Lipinski definition) is 7. The number of ether oxygens (including phenoxy) is 1. The van der Waals surface area contributed by atoms with Gasteiger partial charge in [0.05, 0.1) is 23.1 Å². The minimum absolute atomic E-state index is 0.00962. The molecule has 6 nitrogen and oxygen atoms in total. The Bertz CT molecular complexity index is 1550. The van der Waals surface area contributed by atoms with Gasteiger partial charge in [-0.3, -0.25) is 9.78 Å². The molecule has 5 rings (SSSR count). The number of carbonyl (C=O) groups excluding carboxylic acids is 1. The largest absolute Gasteiger partial charge is 0.497 e. The van der Waals surface area contributed by atoms with Crippen molar-refractivity contribution >= 4 is 46.2 Å². The maximum Gasteiger partial charge on any atom is 0.286 e. The smallest absolute Gasteiger partial charge is 0.286 e. The SMILES string of the molecule is COc1ccc(CNc2sc3cnccc3c2C(=O)c2ccc3c(c2)CCC3=NO[Si](C)(C)C(C)(C)C)cc1. The first-order valence-corrected chi connectivity index (χ1v) is 17.0. The lowest BCUT2D eigenvalue weighted by Gasteiger charge is -2.33. The summed E-state index contributed by atoms with van der Waals surface area (Å²) in [5.41, 5.74) is 5.69. The molecule has 1 aliphatic rings. The zero-order valence-electron chi connectivity index (χ0n) is 23.4. The zero-order valence-corrected chi connectivity index (χ0v) is 25.2. The number of thiophene rings is 1. The number of aryl methyl sites for hydroxylation is 1. The fourth-order valence-electron chi connectivity index (χ4n) is 4.38. The number of hydrogen-bond donors (Lipinski definition) is 1. The van der Waals surface area contributed by atoms with Crippen molar-refractivity contribution < 1.29 is 14.1 Å². The Morgan fingerprint density at radius 2 is 1.87 bits per heavy atom. The molecule has 0 fully saturated rings. The second kappa shape index (κ2) is 10.6. The molecule has 202 valence electrons. The van der Waals surface area contributed by atoms with E-state index in [-0.39, 0.29) is 10.8 Å². The molecule has 39 heavy (non-hydrogen) atoms. The fourth-order valence-corrected chi connectivity index (χ4v) is 6.06. The minimum atomic E-state index is -1.99. The van der Waals surface area contributed by atoms with Gasteiger partial charge in [-0.1, -0.05) is 45.0 Å². The van der Waals surface area contributed by atoms with E-state index in [0.717, 1.165) is 56.1 Å². The quantitative estimate of drug-likeness (QED) is 0.136. The summed E-state index contributed by atoms with van der Waals surface area (Å²) in [4.78, 5) is 18.2. The summed E-state index contributed by atoms with van der Waals surface area (Å²) >= 11 is 1.56. The Labute approximate surface area is 235 Å². The number of anilines is 1. The summed E-state index contributed by atoms with van der Waals surface area (Å²) in [5.74, 6) is 0.828. The number of benzene rings is 2. The summed E-state index contributed by atoms with van der Waals surface area (Å²) in [5, 5.41) is 9.98. The number of aromatic nitrogens is 1. The second-order valence-electron chi connectivity index (χ2n) is 11.5. The number of oxime groups is 1. The van der Waals surface area contributed by atoms with Crippen LogP contribution in [-0.4, -0.2) is 31.9 Å². The van der Waals surface area contributed by atoms with Gasteiger partial charge in [0.15, 0.2) is 5.78 Å². The van der Waals surface area contributed by atoms with Crippen molar-refractivity contribution in [3.05, 3.63) is 88.7 Å². The molecule has 2 aromatic heterocycles. The predicted octanol–water partition coefficient (Wildman–Crippen LogP) is 7.82. The van der Waals surface area contributed by atoms with Gasteiger partial charge in [0, 0.05) is 35.5 Å². The standard InChI is InChI=1S/C31H35N3O3SSi/c1-31(2,3)39(5,6)37-34-26-14-10-21-17-22(9-13-24(21)26)29(35)28-25-15-16-32-19-27(25)38-30(28)33-18-20-7-11-23(36-4)12-8-20/h7-9,11-13,15-17,19,33H,10,14,18H2,1-6H3. The van der Waals surface area contributed by atoms with Crippen molar-refractivity contribution in [2.45, 2.75) is 58.3 Å². The summed E-state index contributed by atoms with van der Waals surface area (Å²) < 4.78 is 12.4. The lowest BCUT2D eigenvalue weighted by atomic mass is 9.98. The van der Waals surface area contributed by atoms with Crippen LogP contribution in [0.15, 0.2) is 66.1 Å². The molecule has 2 aromatic carbocycles. The summed E-state index contributed by atoms with van der Waals surface area (Å²) in [7, 11) is -0.329. The first-order valence-electron chi connectivity index (χ1n) is 13.2. The van der Waals surface area contributed by atoms with Crippen molar-refractivity contribution in [1.29, 1.82) is 0 Å². The van der Waals surface area contributed by atoms with E-state index in [9.17, 15) is 4.79 Å². The highest BCUT2D eigenvalue weighted by Gasteiger charge is 2.40. The number of nitrogens with zero attached hydrogens (tertiary/aromatic N) is 2. The number of fused-ring (bicyclic) bond motifs is 2. The molecule has 0 saturated carbocycles. The van der Waals surface area contributed by atoms with E-state index < -0.39 is 8.32 Å². The molecule has 0 saturated heterocycles. The maximum atomic E-state index is 14.0. The van der Waals surface area contributed by atoms with Crippen LogP contribution in [0, 0.1) is 0 Å². The van der Waals surface area contributed by atoms with Crippen LogP contribution in [0.1, 0.15) is 59.8 Å². The molecule has 0 atom stereocenters. The van der Waals surface area contributed by atoms with Crippen molar-refractivity contribution in [3.8, 4) is 5.75 Å². The molecule has 0 bridgehead atoms. The van der Waals surface area contributed by atoms with Crippen LogP contribution in [0.25, 0.3) is 10.1 Å². The number of ketones is 1. The van der Waals surface area contributed by atoms with Gasteiger partial charge in [0.2, 0.25) is 0 Å². The van der Waals surface area contributed by atoms with Crippen LogP contribution in [0.2, 0.25) is 18.1 Å². The first kappa shape index (κ1) is 27.1. The van der Waals surface area contributed by atoms with Crippen molar-refractivity contribution in [3.63, 3.8) is 0 Å². The van der Waals surface area contributed by atoms with Gasteiger partial charge >= 0.3 is 0 Å². The third kappa shape index (κ3) is 5.49. The van der Waals surface area contributed by atoms with Crippen LogP contribution in [0.4, 0.5) is 5.00 Å². The van der Waals surface area contributed by atoms with Gasteiger partial charge in [-0.2, -0.15) is 0 Å². The molecule has 0 spiro atoms. The van der Waals surface area contributed by atoms with Crippen LogP contribution in [-0.2, 0) is 17.5 Å². The molecular formula is C31H35N3O3SSi. The van der Waals surface area contributed by atoms with Gasteiger partial charge in [0.25, 0.3) is 8.32 Å². The van der Waals surface area contributed by atoms with Crippen LogP contribution in [0.3, 0.4) is 0 Å². The van der Waals surface area contributed by atoms with E-state index in [0.29, 0.717) is 17.7 Å². The number of nitrogens with one attached hydrogen (secondary N) is 1. The molecule has 0 unspecified atom stereocenters. The Kier molecular flexibility index (Phi) is 7.35. The fraction of sp³-hybridized carbons (Fsp3) is 0.323. The maximum absolute atomic E-state index is 14.0. The molecule has 0 aliphatic heterocycles. The second-order valence-corrected chi connectivity index (χ2v) is 17.2. The third-order valence-electron chi connectivity index (χ3n) is 7.83. The number of methoxy groups -OCH3 is 1. The first-order chi connectivity index (χ1) is 18.6. The predicted molar refractivity (Wildman–Crippen MR) is 163 cm³/mol. The highest BCUT2D eigenvalue weighted by molar-refractivity contribution is 7.23. The van der Waals surface area contributed by atoms with E-state index in [4.69, 9.17) is 9.26 Å². The highest BCUT2D eigenvalue weighted by atomic mass is 32.1. The van der Waals surface area contributed by atoms with E-state index in [1.807, 2.05) is 54.7 Å². The molecule has 0 radical (unpaired) electrons. The normalized spacial score (nSPS) is 14.5. The van der Waals surface area contributed by atoms with Gasteiger partial charge in [-0.05, 0) is 66.4 Å². The molecule has 2 heterocycles. The van der Waals surface area contributed by atoms with E-state index in [1.54, 1.807) is 24.6 Å². The summed E-state index contributed by atoms with van der Waals surface area (Å²) in [6.07, 6.45) is 5.24. The van der Waals surface area contributed by atoms with Crippen LogP contribution in [0.5, 0.6) is 5.75 Å². The summed E-state index contributed by atoms with van der Waals surface area (Å²) in [6, 6.07) is 15.8. The van der Waals surface area contributed by atoms with Gasteiger partial charge < -0.3 is 14.6 Å². The number of pyridine rings is 1. The van der Waals surface area contributed by atoms with Crippen molar-refractivity contribution in [2.24, 2.45) is 5.16 Å². The minimum Gasteiger partial charge on any atom is -0.497 e. The lowest BCUT2D eigenvalue weighted by Crippen LogP contribution is -2.39. The number of carbonyl (C=O) groups is 1. The molecule has 8 heteroatoms. The Morgan fingerprint density at radius 1 is 1.10 bits per heavy atom. The monoisotopic (exact) mass is 557 g/mol. The topological polar surface area (TPSA) is 72.8 Å². The average Bonchev–Trinajstić information content (AvgIpc) is 3.50. The molecule has 1 aliphatic carbocycles. The van der Waals surface area contributed by atoms with Gasteiger partial charge in [-0.15, -0.1) is 16.5 Å². The highest BCUT2D eigenvalue weighted by Crippen LogP contribution is 2.39. The molecule has 1 N–H and O–H groups in total. The van der Waals surface area contributed by atoms with E-state index >= 15 is 0 Å². The lowest BCUT2D eigenvalue weighted by molar-refractivity contribution is 0.104. The number of rotatable bonds is 8. The molecule has 0 amide bonds. The summed E-state index contributed by atoms with van der Waals surface area (Å²) in [6.45, 7) is 11.6. The average molecular weight is 558 g/mol. The van der Waals surface area contributed by atoms with E-state index in [2.05, 4.69) is 49.3 Å². The zero-order chi connectivity index (χ0) is 27.8. The van der Waals surface area contributed by atoms with Gasteiger partial charge in [0.1, 0.15) is 10.8 Å². The van der Waals surface area contributed by atoms with Crippen molar-refractivity contribution in [1.82, 2.24) is 4.98 Å². The molecular weight excluding hydrogens is 523 g/mol.